The first-order valence-corrected chi connectivity index (χ1v) is 11.2. The third-order valence-corrected chi connectivity index (χ3v) is 5.91. The van der Waals surface area contributed by atoms with Crippen LogP contribution in [0.5, 0.6) is 0 Å². The van der Waals surface area contributed by atoms with Gasteiger partial charge in [-0.1, -0.05) is 30.0 Å². The number of rotatable bonds is 7. The Hall–Kier alpha value is -3.73. The van der Waals surface area contributed by atoms with Crippen LogP contribution in [0.1, 0.15) is 17.8 Å². The normalized spacial score (nSPS) is 15.6. The molecule has 0 saturated carbocycles. The Morgan fingerprint density at radius 1 is 1.18 bits per heavy atom. The van der Waals surface area contributed by atoms with Gasteiger partial charge in [-0.05, 0) is 42.8 Å². The van der Waals surface area contributed by atoms with Crippen LogP contribution in [0, 0.1) is 12.7 Å². The van der Waals surface area contributed by atoms with Gasteiger partial charge in [-0.2, -0.15) is 0 Å². The summed E-state index contributed by atoms with van der Waals surface area (Å²) in [7, 11) is 0. The number of hydrogen-bond acceptors (Lipinski definition) is 6. The van der Waals surface area contributed by atoms with Gasteiger partial charge < -0.3 is 10.6 Å². The summed E-state index contributed by atoms with van der Waals surface area (Å²) in [5, 5.41) is 16.6. The van der Waals surface area contributed by atoms with Gasteiger partial charge in [0.25, 0.3) is 0 Å². The van der Waals surface area contributed by atoms with E-state index < -0.39 is 17.9 Å². The van der Waals surface area contributed by atoms with Gasteiger partial charge in [-0.25, -0.2) is 9.18 Å². The van der Waals surface area contributed by atoms with Gasteiger partial charge in [0.1, 0.15) is 11.6 Å². The molecule has 4 amide bonds. The highest BCUT2D eigenvalue weighted by Crippen LogP contribution is 2.24. The second kappa shape index (κ2) is 9.82. The Kier molecular flexibility index (Phi) is 6.68. The second-order valence-electron chi connectivity index (χ2n) is 7.49. The lowest BCUT2D eigenvalue weighted by atomic mass is 10.1. The molecule has 2 aromatic carbocycles. The van der Waals surface area contributed by atoms with E-state index in [9.17, 15) is 18.8 Å². The molecule has 11 heteroatoms. The first kappa shape index (κ1) is 22.5. The summed E-state index contributed by atoms with van der Waals surface area (Å²) in [5.41, 5.74) is 2.28. The van der Waals surface area contributed by atoms with Gasteiger partial charge in [0, 0.05) is 30.3 Å². The molecule has 1 fully saturated rings. The van der Waals surface area contributed by atoms with E-state index in [0.29, 0.717) is 16.7 Å². The minimum atomic E-state index is -0.563. The number of anilines is 1. The van der Waals surface area contributed by atoms with Crippen LogP contribution in [0.25, 0.3) is 5.69 Å². The summed E-state index contributed by atoms with van der Waals surface area (Å²) < 4.78 is 15.2. The van der Waals surface area contributed by atoms with Crippen LogP contribution >= 0.6 is 11.8 Å². The predicted octanol–water partition coefficient (Wildman–Crippen LogP) is 2.59. The van der Waals surface area contributed by atoms with Crippen LogP contribution < -0.4 is 16.0 Å². The minimum absolute atomic E-state index is 0.0796. The molecule has 0 aliphatic carbocycles. The number of thioether (sulfide) groups is 1. The van der Waals surface area contributed by atoms with Crippen molar-refractivity contribution in [3.8, 4) is 5.69 Å². The molecule has 3 aromatic rings. The largest absolute Gasteiger partial charge is 0.334 e. The highest BCUT2D eigenvalue weighted by atomic mass is 32.2. The quantitative estimate of drug-likeness (QED) is 0.459. The number of carbonyl (C=O) groups is 3. The van der Waals surface area contributed by atoms with Crippen molar-refractivity contribution in [2.24, 2.45) is 0 Å². The SMILES string of the molecule is Cc1ccccc1NC(=O)CSc1nnc(CC2CC(=O)NC(=O)N2)n1-c1ccc(F)cc1. The molecule has 4 rings (SSSR count). The Labute approximate surface area is 193 Å². The van der Waals surface area contributed by atoms with E-state index in [1.807, 2.05) is 31.2 Å². The highest BCUT2D eigenvalue weighted by Gasteiger charge is 2.27. The smallest absolute Gasteiger partial charge is 0.321 e. The fourth-order valence-corrected chi connectivity index (χ4v) is 4.19. The van der Waals surface area contributed by atoms with Gasteiger partial charge >= 0.3 is 6.03 Å². The molecule has 1 aromatic heterocycles. The van der Waals surface area contributed by atoms with E-state index in [-0.39, 0.29) is 30.4 Å². The molecule has 1 aliphatic heterocycles. The van der Waals surface area contributed by atoms with Crippen molar-refractivity contribution in [1.29, 1.82) is 0 Å². The topological polar surface area (TPSA) is 118 Å². The summed E-state index contributed by atoms with van der Waals surface area (Å²) >= 11 is 1.18. The molecule has 0 radical (unpaired) electrons. The number of urea groups is 1. The zero-order chi connectivity index (χ0) is 23.4. The van der Waals surface area contributed by atoms with Crippen molar-refractivity contribution in [3.05, 3.63) is 65.7 Å². The monoisotopic (exact) mass is 468 g/mol. The fourth-order valence-electron chi connectivity index (χ4n) is 3.42. The molecule has 1 saturated heterocycles. The van der Waals surface area contributed by atoms with E-state index in [1.165, 1.54) is 23.9 Å². The fraction of sp³-hybridized carbons (Fsp3) is 0.227. The third kappa shape index (κ3) is 5.55. The number of amides is 4. The van der Waals surface area contributed by atoms with E-state index in [0.717, 1.165) is 11.3 Å². The Bertz CT molecular complexity index is 1180. The second-order valence-corrected chi connectivity index (χ2v) is 8.43. The standard InChI is InChI=1S/C22H21FN6O3S/c1-13-4-2-3-5-17(13)25-20(31)12-33-22-28-27-18(10-15-11-19(30)26-21(32)24-15)29(22)16-8-6-14(23)7-9-16/h2-9,15H,10-12H2,1H3,(H,25,31)(H2,24,26,30,32). The predicted molar refractivity (Wildman–Crippen MR) is 121 cm³/mol. The zero-order valence-corrected chi connectivity index (χ0v) is 18.5. The molecule has 170 valence electrons. The zero-order valence-electron chi connectivity index (χ0n) is 17.7. The molecular weight excluding hydrogens is 447 g/mol. The molecule has 1 aliphatic rings. The molecule has 0 bridgehead atoms. The first-order valence-electron chi connectivity index (χ1n) is 10.2. The summed E-state index contributed by atoms with van der Waals surface area (Å²) in [4.78, 5) is 35.9. The summed E-state index contributed by atoms with van der Waals surface area (Å²) in [6.07, 6.45) is 0.336. The number of nitrogens with zero attached hydrogens (tertiary/aromatic N) is 3. The Balaban J connectivity index is 1.54. The van der Waals surface area contributed by atoms with Crippen LogP contribution in [0.2, 0.25) is 0 Å². The van der Waals surface area contributed by atoms with E-state index in [1.54, 1.807) is 16.7 Å². The first-order chi connectivity index (χ1) is 15.9. The average Bonchev–Trinajstić information content (AvgIpc) is 3.16. The number of aryl methyl sites for hydroxylation is 1. The number of para-hydroxylation sites is 1. The lowest BCUT2D eigenvalue weighted by Gasteiger charge is -2.23. The number of hydrogen-bond donors (Lipinski definition) is 3. The van der Waals surface area contributed by atoms with Crippen LogP contribution in [0.15, 0.2) is 53.7 Å². The molecule has 3 N–H and O–H groups in total. The molecule has 2 heterocycles. The van der Waals surface area contributed by atoms with Crippen molar-refractivity contribution < 1.29 is 18.8 Å². The van der Waals surface area contributed by atoms with Crippen molar-refractivity contribution in [2.45, 2.75) is 31.0 Å². The van der Waals surface area contributed by atoms with Crippen molar-refractivity contribution >= 4 is 35.3 Å². The molecular formula is C22H21FN6O3S. The van der Waals surface area contributed by atoms with Gasteiger partial charge in [0.15, 0.2) is 5.16 Å². The third-order valence-electron chi connectivity index (χ3n) is 4.99. The maximum absolute atomic E-state index is 13.5. The van der Waals surface area contributed by atoms with E-state index in [2.05, 4.69) is 26.1 Å². The lowest BCUT2D eigenvalue weighted by Crippen LogP contribution is -2.53. The van der Waals surface area contributed by atoms with Crippen LogP contribution in [-0.4, -0.2) is 44.4 Å². The maximum Gasteiger partial charge on any atom is 0.321 e. The van der Waals surface area contributed by atoms with Crippen LogP contribution in [-0.2, 0) is 16.0 Å². The van der Waals surface area contributed by atoms with Gasteiger partial charge in [-0.15, -0.1) is 10.2 Å². The van der Waals surface area contributed by atoms with Crippen molar-refractivity contribution in [3.63, 3.8) is 0 Å². The molecule has 1 unspecified atom stereocenters. The number of carbonyl (C=O) groups excluding carboxylic acids is 3. The Morgan fingerprint density at radius 3 is 2.67 bits per heavy atom. The number of imide groups is 1. The average molecular weight is 469 g/mol. The minimum Gasteiger partial charge on any atom is -0.334 e. The van der Waals surface area contributed by atoms with Gasteiger partial charge in [0.2, 0.25) is 11.8 Å². The van der Waals surface area contributed by atoms with Crippen molar-refractivity contribution in [1.82, 2.24) is 25.4 Å². The molecule has 1 atom stereocenters. The molecule has 33 heavy (non-hydrogen) atoms. The van der Waals surface area contributed by atoms with E-state index >= 15 is 0 Å². The lowest BCUT2D eigenvalue weighted by molar-refractivity contribution is -0.121. The summed E-state index contributed by atoms with van der Waals surface area (Å²) in [5.74, 6) is -0.421. The van der Waals surface area contributed by atoms with E-state index in [4.69, 9.17) is 0 Å². The molecule has 9 nitrogen and oxygen atoms in total. The molecule has 0 spiro atoms. The maximum atomic E-state index is 13.5. The number of aromatic nitrogens is 3. The summed E-state index contributed by atoms with van der Waals surface area (Å²) in [6.45, 7) is 1.91. The number of nitrogens with one attached hydrogen (secondary N) is 3. The van der Waals surface area contributed by atoms with Gasteiger partial charge in [0.05, 0.1) is 5.75 Å². The van der Waals surface area contributed by atoms with Gasteiger partial charge in [-0.3, -0.25) is 19.5 Å². The highest BCUT2D eigenvalue weighted by molar-refractivity contribution is 7.99. The number of benzene rings is 2. The summed E-state index contributed by atoms with van der Waals surface area (Å²) in [6, 6.07) is 12.2. The number of halogens is 1. The van der Waals surface area contributed by atoms with Crippen LogP contribution in [0.4, 0.5) is 14.9 Å². The Morgan fingerprint density at radius 2 is 1.94 bits per heavy atom. The van der Waals surface area contributed by atoms with Crippen molar-refractivity contribution in [2.75, 3.05) is 11.1 Å². The van der Waals surface area contributed by atoms with Crippen LogP contribution in [0.3, 0.4) is 0 Å².